The lowest BCUT2D eigenvalue weighted by Gasteiger charge is -2.48. The van der Waals surface area contributed by atoms with E-state index in [4.69, 9.17) is 23.7 Å². The molecule has 346 valence electrons. The van der Waals surface area contributed by atoms with Crippen molar-refractivity contribution in [2.24, 2.45) is 23.7 Å². The van der Waals surface area contributed by atoms with Crippen molar-refractivity contribution in [3.05, 3.63) is 36.0 Å². The number of methoxy groups -OCH3 is 1. The number of aryl methyl sites for hydroxylation is 1. The molecule has 1 unspecified atom stereocenters. The van der Waals surface area contributed by atoms with Crippen LogP contribution in [-0.4, -0.2) is 153 Å². The first-order valence-electron chi connectivity index (χ1n) is 22.7. The first kappa shape index (κ1) is 48.0. The van der Waals surface area contributed by atoms with Crippen molar-refractivity contribution in [3.8, 4) is 5.75 Å². The van der Waals surface area contributed by atoms with Crippen LogP contribution in [0.3, 0.4) is 0 Å². The number of fused-ring (bicyclic) bond motifs is 2. The minimum Gasteiger partial charge on any atom is -0.497 e. The topological polar surface area (TPSA) is 164 Å². The highest BCUT2D eigenvalue weighted by Crippen LogP contribution is 2.47. The number of aliphatic hydroxyl groups is 2. The molecule has 4 aliphatic heterocycles. The van der Waals surface area contributed by atoms with Gasteiger partial charge in [0.15, 0.2) is 17.7 Å². The maximum atomic E-state index is 14.5. The second-order valence-corrected chi connectivity index (χ2v) is 19.5. The molecule has 1 aromatic heterocycles. The Bertz CT molecular complexity index is 1910. The lowest BCUT2D eigenvalue weighted by atomic mass is 9.71. The van der Waals surface area contributed by atoms with Gasteiger partial charge in [-0.25, -0.2) is 14.8 Å². The van der Waals surface area contributed by atoms with Gasteiger partial charge in [-0.15, -0.1) is 0 Å². The number of aromatic nitrogens is 1. The van der Waals surface area contributed by atoms with E-state index in [1.165, 1.54) is 6.92 Å². The number of ketones is 1. The Morgan fingerprint density at radius 3 is 2.42 bits per heavy atom. The van der Waals surface area contributed by atoms with Gasteiger partial charge in [0.05, 0.1) is 43.1 Å². The summed E-state index contributed by atoms with van der Waals surface area (Å²) in [5.74, 6) is -3.21. The summed E-state index contributed by atoms with van der Waals surface area (Å²) in [4.78, 5) is 52.0. The van der Waals surface area contributed by atoms with E-state index in [9.17, 15) is 24.6 Å². The van der Waals surface area contributed by atoms with Gasteiger partial charge in [-0.1, -0.05) is 27.7 Å². The lowest BCUT2D eigenvalue weighted by Crippen LogP contribution is -2.61. The number of cyclic esters (lactones) is 1. The average molecular weight is 868 g/mol. The molecule has 0 aliphatic carbocycles. The summed E-state index contributed by atoms with van der Waals surface area (Å²) in [5, 5.41) is 29.2. The van der Waals surface area contributed by atoms with Crippen LogP contribution in [0.25, 0.3) is 10.9 Å². The maximum Gasteiger partial charge on any atom is 0.425 e. The summed E-state index contributed by atoms with van der Waals surface area (Å²) in [6.07, 6.45) is -0.690. The molecular formula is C47H73N5O10. The monoisotopic (exact) mass is 868 g/mol. The molecular weight excluding hydrogens is 795 g/mol. The van der Waals surface area contributed by atoms with Gasteiger partial charge in [0.25, 0.3) is 0 Å². The number of hydrogen-bond donors (Lipinski definition) is 2. The Balaban J connectivity index is 1.40. The smallest absolute Gasteiger partial charge is 0.425 e. The normalized spacial score (nSPS) is 38.0. The Morgan fingerprint density at radius 1 is 1.06 bits per heavy atom. The third kappa shape index (κ3) is 9.23. The van der Waals surface area contributed by atoms with Crippen molar-refractivity contribution >= 4 is 28.7 Å². The number of aliphatic hydroxyl groups excluding tert-OH is 1. The predicted molar refractivity (Wildman–Crippen MR) is 234 cm³/mol. The summed E-state index contributed by atoms with van der Waals surface area (Å²) in [7, 11) is 5.41. The zero-order valence-electron chi connectivity index (χ0n) is 39.2. The molecule has 2 N–H and O–H groups in total. The van der Waals surface area contributed by atoms with Gasteiger partial charge >= 0.3 is 12.1 Å². The molecule has 4 aliphatic rings. The van der Waals surface area contributed by atoms with Gasteiger partial charge in [-0.3, -0.25) is 19.5 Å². The van der Waals surface area contributed by atoms with Crippen molar-refractivity contribution in [2.75, 3.05) is 34.4 Å². The molecule has 1 amide bonds. The van der Waals surface area contributed by atoms with Crippen LogP contribution >= 0.6 is 0 Å². The number of amides is 1. The molecule has 5 heterocycles. The van der Waals surface area contributed by atoms with Gasteiger partial charge in [0.2, 0.25) is 0 Å². The highest BCUT2D eigenvalue weighted by atomic mass is 16.7. The zero-order chi connectivity index (χ0) is 45.6. The van der Waals surface area contributed by atoms with E-state index in [-0.39, 0.29) is 42.5 Å². The van der Waals surface area contributed by atoms with Gasteiger partial charge in [-0.05, 0) is 123 Å². The number of hydrazine groups is 1. The number of esters is 1. The fourth-order valence-electron chi connectivity index (χ4n) is 11.3. The second-order valence-electron chi connectivity index (χ2n) is 19.5. The summed E-state index contributed by atoms with van der Waals surface area (Å²) < 4.78 is 31.0. The second kappa shape index (κ2) is 19.0. The molecule has 4 saturated heterocycles. The molecule has 15 heteroatoms. The number of carbonyl (C=O) groups is 3. The number of nitrogens with zero attached hydrogens (tertiary/aromatic N) is 5. The van der Waals surface area contributed by atoms with E-state index in [0.717, 1.165) is 28.6 Å². The van der Waals surface area contributed by atoms with Gasteiger partial charge in [0, 0.05) is 48.2 Å². The molecule has 0 radical (unpaired) electrons. The average Bonchev–Trinajstić information content (AvgIpc) is 3.40. The van der Waals surface area contributed by atoms with E-state index in [0.29, 0.717) is 32.5 Å². The van der Waals surface area contributed by atoms with Crippen LogP contribution in [-0.2, 0) is 35.0 Å². The minimum absolute atomic E-state index is 0.0149. The quantitative estimate of drug-likeness (QED) is 0.230. The van der Waals surface area contributed by atoms with Crippen molar-refractivity contribution in [2.45, 2.75) is 167 Å². The van der Waals surface area contributed by atoms with Crippen LogP contribution in [0.1, 0.15) is 100 Å². The van der Waals surface area contributed by atoms with Gasteiger partial charge in [0.1, 0.15) is 23.9 Å². The number of rotatable bonds is 10. The third-order valence-corrected chi connectivity index (χ3v) is 14.4. The summed E-state index contributed by atoms with van der Waals surface area (Å²) in [6.45, 7) is 19.9. The van der Waals surface area contributed by atoms with Gasteiger partial charge in [-0.2, -0.15) is 0 Å². The molecule has 2 bridgehead atoms. The Morgan fingerprint density at radius 2 is 1.77 bits per heavy atom. The first-order valence-corrected chi connectivity index (χ1v) is 22.7. The van der Waals surface area contributed by atoms with Crippen LogP contribution in [0.4, 0.5) is 4.79 Å². The molecule has 0 saturated carbocycles. The van der Waals surface area contributed by atoms with Crippen LogP contribution in [0.2, 0.25) is 0 Å². The number of carbonyl (C=O) groups excluding carboxylic acids is 3. The first-order chi connectivity index (χ1) is 29.1. The SMILES string of the molecule is CC[C@H]1OC(=O)[C@H](C)C(=O)[C@H](C)[C@@H](O[C@@H]2O[C@H](C)C[C@H](N(C)C)[C@H]2O)[C@@](C)(O)C[C@@H](C)C2[C@H](C)[C@H]3N(C(=O)O[C@]13C)N(CCCc1ccnc3cc(OC)ccc13)CN2C(C)C. The molecule has 1 aromatic carbocycles. The number of pyridine rings is 1. The van der Waals surface area contributed by atoms with Crippen molar-refractivity contribution in [3.63, 3.8) is 0 Å². The number of likely N-dealkylation sites (N-methyl/N-ethyl adjacent to an activating group) is 1. The van der Waals surface area contributed by atoms with Crippen LogP contribution in [0.15, 0.2) is 30.5 Å². The number of benzene rings is 1. The largest absolute Gasteiger partial charge is 0.497 e. The predicted octanol–water partition coefficient (Wildman–Crippen LogP) is 5.42. The molecule has 14 atom stereocenters. The fourth-order valence-corrected chi connectivity index (χ4v) is 11.3. The Kier molecular flexibility index (Phi) is 14.7. The molecule has 15 nitrogen and oxygen atoms in total. The van der Waals surface area contributed by atoms with Crippen molar-refractivity contribution in [1.29, 1.82) is 0 Å². The number of ether oxygens (including phenoxy) is 5. The summed E-state index contributed by atoms with van der Waals surface area (Å²) >= 11 is 0. The zero-order valence-corrected chi connectivity index (χ0v) is 39.2. The minimum atomic E-state index is -1.65. The maximum absolute atomic E-state index is 14.5. The highest BCUT2D eigenvalue weighted by molar-refractivity contribution is 6.00. The lowest BCUT2D eigenvalue weighted by molar-refractivity contribution is -0.293. The van der Waals surface area contributed by atoms with E-state index < -0.39 is 71.5 Å². The van der Waals surface area contributed by atoms with E-state index in [1.54, 1.807) is 26.0 Å². The van der Waals surface area contributed by atoms with Crippen LogP contribution in [0.5, 0.6) is 5.75 Å². The fraction of sp³-hybridized carbons (Fsp3) is 0.745. The van der Waals surface area contributed by atoms with Crippen LogP contribution in [0, 0.1) is 23.7 Å². The summed E-state index contributed by atoms with van der Waals surface area (Å²) in [6, 6.07) is 6.84. The van der Waals surface area contributed by atoms with Crippen LogP contribution < -0.4 is 4.74 Å². The van der Waals surface area contributed by atoms with E-state index >= 15 is 0 Å². The standard InChI is InChI=1S/C47H73N5O10/c1-14-37-47(10)41-29(6)38(51(26(2)3)25-50(52(41)45(56)62-47)21-15-16-32-19-20-48-35-23-33(58-13)17-18-34(32)35)27(4)24-46(9,57)42(30(7)39(53)31(8)43(55)60-37)61-44-40(54)36(49(11)12)22-28(5)59-44/h17-20,23,26-31,36-38,40-42,44,54,57H,14-16,21-22,24-25H2,1-13H3/t27-,28-,29+,30+,31-,36+,37-,38?,40-,41-,42-,44+,46+,47-/m1/s1. The Hall–Kier alpha value is -3.44. The number of hydrogen-bond acceptors (Lipinski definition) is 14. The van der Waals surface area contributed by atoms with E-state index in [2.05, 4.69) is 42.6 Å². The molecule has 62 heavy (non-hydrogen) atoms. The van der Waals surface area contributed by atoms with Crippen molar-refractivity contribution in [1.82, 2.24) is 24.8 Å². The molecule has 2 aromatic rings. The third-order valence-electron chi connectivity index (χ3n) is 14.4. The molecule has 6 rings (SSSR count). The summed E-state index contributed by atoms with van der Waals surface area (Å²) in [5.41, 5.74) is -0.954. The Labute approximate surface area is 368 Å². The molecule has 4 fully saturated rings. The van der Waals surface area contributed by atoms with E-state index in [1.807, 2.05) is 70.2 Å². The van der Waals surface area contributed by atoms with Crippen molar-refractivity contribution < 1.29 is 48.3 Å². The number of Topliss-reactive ketones (excluding diaryl/α,β-unsaturated/α-hetero) is 1. The van der Waals surface area contributed by atoms with Gasteiger partial charge < -0.3 is 38.8 Å². The highest BCUT2D eigenvalue weighted by Gasteiger charge is 2.63. The molecule has 0 spiro atoms.